The standard InChI is InChI=1S/C13H17ClFNO/c1-16(9-12-3-2-6-17-12)13-5-4-11(15)7-10(13)8-14/h4-5,7,12H,2-3,6,8-9H2,1H3. The van der Waals surface area contributed by atoms with Gasteiger partial charge in [-0.05, 0) is 36.6 Å². The van der Waals surface area contributed by atoms with Crippen molar-refractivity contribution in [3.05, 3.63) is 29.6 Å². The van der Waals surface area contributed by atoms with Crippen LogP contribution in [0.25, 0.3) is 0 Å². The number of benzene rings is 1. The Kier molecular flexibility index (Phi) is 4.24. The first-order valence-electron chi connectivity index (χ1n) is 5.88. The zero-order valence-electron chi connectivity index (χ0n) is 9.96. The lowest BCUT2D eigenvalue weighted by atomic mass is 10.1. The Morgan fingerprint density at radius 2 is 2.35 bits per heavy atom. The highest BCUT2D eigenvalue weighted by Crippen LogP contribution is 2.24. The van der Waals surface area contributed by atoms with Crippen LogP contribution in [-0.2, 0) is 10.6 Å². The molecule has 1 unspecified atom stereocenters. The maximum atomic E-state index is 13.1. The molecule has 1 heterocycles. The number of nitrogens with zero attached hydrogens (tertiary/aromatic N) is 1. The van der Waals surface area contributed by atoms with E-state index in [0.717, 1.165) is 37.2 Å². The summed E-state index contributed by atoms with van der Waals surface area (Å²) in [4.78, 5) is 2.09. The quantitative estimate of drug-likeness (QED) is 0.769. The fourth-order valence-electron chi connectivity index (χ4n) is 2.23. The molecule has 1 aromatic rings. The minimum Gasteiger partial charge on any atom is -0.376 e. The normalized spacial score (nSPS) is 19.6. The van der Waals surface area contributed by atoms with E-state index in [1.807, 2.05) is 7.05 Å². The third-order valence-electron chi connectivity index (χ3n) is 3.10. The summed E-state index contributed by atoms with van der Waals surface area (Å²) in [5.41, 5.74) is 1.81. The van der Waals surface area contributed by atoms with Gasteiger partial charge in [-0.2, -0.15) is 0 Å². The smallest absolute Gasteiger partial charge is 0.123 e. The van der Waals surface area contributed by atoms with Crippen molar-refractivity contribution in [1.82, 2.24) is 0 Å². The molecule has 4 heteroatoms. The van der Waals surface area contributed by atoms with Crippen molar-refractivity contribution in [3.63, 3.8) is 0 Å². The molecule has 94 valence electrons. The number of hydrogen-bond donors (Lipinski definition) is 0. The fourth-order valence-corrected chi connectivity index (χ4v) is 2.44. The number of halogens is 2. The fraction of sp³-hybridized carbons (Fsp3) is 0.538. The second kappa shape index (κ2) is 5.69. The van der Waals surface area contributed by atoms with E-state index in [2.05, 4.69) is 4.90 Å². The minimum atomic E-state index is -0.241. The third-order valence-corrected chi connectivity index (χ3v) is 3.39. The number of hydrogen-bond acceptors (Lipinski definition) is 2. The van der Waals surface area contributed by atoms with Gasteiger partial charge in [0.15, 0.2) is 0 Å². The molecule has 1 aromatic carbocycles. The van der Waals surface area contributed by atoms with E-state index in [9.17, 15) is 4.39 Å². The number of alkyl halides is 1. The van der Waals surface area contributed by atoms with Gasteiger partial charge in [0.2, 0.25) is 0 Å². The lowest BCUT2D eigenvalue weighted by Gasteiger charge is -2.24. The monoisotopic (exact) mass is 257 g/mol. The van der Waals surface area contributed by atoms with Gasteiger partial charge in [0.25, 0.3) is 0 Å². The predicted octanol–water partition coefficient (Wildman–Crippen LogP) is 3.18. The Balaban J connectivity index is 2.09. The predicted molar refractivity (Wildman–Crippen MR) is 68.2 cm³/mol. The molecule has 17 heavy (non-hydrogen) atoms. The number of ether oxygens (including phenoxy) is 1. The first-order valence-corrected chi connectivity index (χ1v) is 6.41. The molecule has 1 aliphatic heterocycles. The molecule has 1 saturated heterocycles. The molecule has 2 rings (SSSR count). The molecule has 0 bridgehead atoms. The van der Waals surface area contributed by atoms with Crippen LogP contribution < -0.4 is 4.90 Å². The second-order valence-corrected chi connectivity index (χ2v) is 4.69. The number of likely N-dealkylation sites (N-methyl/N-ethyl adjacent to an activating group) is 1. The topological polar surface area (TPSA) is 12.5 Å². The van der Waals surface area contributed by atoms with Gasteiger partial charge in [0.05, 0.1) is 6.10 Å². The van der Waals surface area contributed by atoms with Crippen LogP contribution in [0.3, 0.4) is 0 Å². The summed E-state index contributed by atoms with van der Waals surface area (Å²) >= 11 is 5.84. The summed E-state index contributed by atoms with van der Waals surface area (Å²) in [5, 5.41) is 0. The van der Waals surface area contributed by atoms with E-state index < -0.39 is 0 Å². The Hall–Kier alpha value is -0.800. The Morgan fingerprint density at radius 3 is 3.00 bits per heavy atom. The van der Waals surface area contributed by atoms with Gasteiger partial charge < -0.3 is 9.64 Å². The van der Waals surface area contributed by atoms with Crippen molar-refractivity contribution < 1.29 is 9.13 Å². The lowest BCUT2D eigenvalue weighted by molar-refractivity contribution is 0.116. The van der Waals surface area contributed by atoms with Crippen LogP contribution in [0.1, 0.15) is 18.4 Å². The Bertz CT molecular complexity index is 380. The molecular formula is C13H17ClFNO. The van der Waals surface area contributed by atoms with Crippen LogP contribution in [0.15, 0.2) is 18.2 Å². The van der Waals surface area contributed by atoms with Gasteiger partial charge in [-0.15, -0.1) is 11.6 Å². The van der Waals surface area contributed by atoms with Crippen molar-refractivity contribution in [2.75, 3.05) is 25.1 Å². The zero-order chi connectivity index (χ0) is 12.3. The van der Waals surface area contributed by atoms with Crippen LogP contribution in [0.5, 0.6) is 0 Å². The van der Waals surface area contributed by atoms with Crippen LogP contribution in [-0.4, -0.2) is 26.3 Å². The summed E-state index contributed by atoms with van der Waals surface area (Å²) in [6.45, 7) is 1.68. The first kappa shape index (κ1) is 12.7. The summed E-state index contributed by atoms with van der Waals surface area (Å²) in [6, 6.07) is 4.74. The van der Waals surface area contributed by atoms with Crippen molar-refractivity contribution in [3.8, 4) is 0 Å². The SMILES string of the molecule is CN(CC1CCCO1)c1ccc(F)cc1CCl. The van der Waals surface area contributed by atoms with Gasteiger partial charge in [0, 0.05) is 31.8 Å². The summed E-state index contributed by atoms with van der Waals surface area (Å²) < 4.78 is 18.7. The van der Waals surface area contributed by atoms with Gasteiger partial charge in [-0.1, -0.05) is 0 Å². The molecular weight excluding hydrogens is 241 g/mol. The molecule has 0 saturated carbocycles. The van der Waals surface area contributed by atoms with E-state index in [1.54, 1.807) is 6.07 Å². The molecule has 0 aliphatic carbocycles. The maximum absolute atomic E-state index is 13.1. The van der Waals surface area contributed by atoms with Gasteiger partial charge in [-0.25, -0.2) is 4.39 Å². The van der Waals surface area contributed by atoms with Gasteiger partial charge in [0.1, 0.15) is 5.82 Å². The molecule has 0 radical (unpaired) electrons. The molecule has 2 nitrogen and oxygen atoms in total. The van der Waals surface area contributed by atoms with Crippen LogP contribution in [0.2, 0.25) is 0 Å². The van der Waals surface area contributed by atoms with E-state index >= 15 is 0 Å². The average Bonchev–Trinajstić information content (AvgIpc) is 2.81. The molecule has 1 fully saturated rings. The molecule has 1 aliphatic rings. The summed E-state index contributed by atoms with van der Waals surface area (Å²) in [7, 11) is 1.99. The van der Waals surface area contributed by atoms with Gasteiger partial charge >= 0.3 is 0 Å². The second-order valence-electron chi connectivity index (χ2n) is 4.42. The minimum absolute atomic E-state index is 0.241. The summed E-state index contributed by atoms with van der Waals surface area (Å²) in [6.07, 6.45) is 2.51. The Morgan fingerprint density at radius 1 is 1.53 bits per heavy atom. The van der Waals surface area contributed by atoms with E-state index in [1.165, 1.54) is 12.1 Å². The number of rotatable bonds is 4. The highest BCUT2D eigenvalue weighted by atomic mass is 35.5. The largest absolute Gasteiger partial charge is 0.376 e. The third kappa shape index (κ3) is 3.11. The van der Waals surface area contributed by atoms with Crippen LogP contribution in [0.4, 0.5) is 10.1 Å². The summed E-state index contributed by atoms with van der Waals surface area (Å²) in [5.74, 6) is 0.0816. The van der Waals surface area contributed by atoms with Crippen LogP contribution in [0, 0.1) is 5.82 Å². The van der Waals surface area contributed by atoms with Crippen molar-refractivity contribution in [1.29, 1.82) is 0 Å². The molecule has 0 aromatic heterocycles. The van der Waals surface area contributed by atoms with E-state index in [4.69, 9.17) is 16.3 Å². The van der Waals surface area contributed by atoms with Gasteiger partial charge in [-0.3, -0.25) is 0 Å². The molecule has 0 spiro atoms. The molecule has 0 amide bonds. The molecule has 0 N–H and O–H groups in total. The Labute approximate surface area is 106 Å². The maximum Gasteiger partial charge on any atom is 0.123 e. The van der Waals surface area contributed by atoms with Crippen molar-refractivity contribution in [2.45, 2.75) is 24.8 Å². The lowest BCUT2D eigenvalue weighted by Crippen LogP contribution is -2.29. The van der Waals surface area contributed by atoms with Crippen molar-refractivity contribution >= 4 is 17.3 Å². The number of anilines is 1. The highest BCUT2D eigenvalue weighted by Gasteiger charge is 2.18. The van der Waals surface area contributed by atoms with E-state index in [-0.39, 0.29) is 11.9 Å². The van der Waals surface area contributed by atoms with Crippen LogP contribution >= 0.6 is 11.6 Å². The first-order chi connectivity index (χ1) is 8.20. The highest BCUT2D eigenvalue weighted by molar-refractivity contribution is 6.17. The average molecular weight is 258 g/mol. The van der Waals surface area contributed by atoms with E-state index in [0.29, 0.717) is 5.88 Å². The molecule has 1 atom stereocenters. The zero-order valence-corrected chi connectivity index (χ0v) is 10.7. The van der Waals surface area contributed by atoms with Crippen molar-refractivity contribution in [2.24, 2.45) is 0 Å².